The van der Waals surface area contributed by atoms with Crippen LogP contribution < -0.4 is 5.32 Å². The highest BCUT2D eigenvalue weighted by Crippen LogP contribution is 2.37. The van der Waals surface area contributed by atoms with E-state index in [0.29, 0.717) is 18.6 Å². The summed E-state index contributed by atoms with van der Waals surface area (Å²) in [4.78, 5) is 0. The van der Waals surface area contributed by atoms with Crippen molar-refractivity contribution >= 4 is 10.0 Å². The molecule has 4 nitrogen and oxygen atoms in total. The van der Waals surface area contributed by atoms with Crippen LogP contribution in [-0.4, -0.2) is 43.1 Å². The molecule has 0 amide bonds. The van der Waals surface area contributed by atoms with Crippen LogP contribution in [0, 0.1) is 0 Å². The molecule has 2 aliphatic carbocycles. The minimum absolute atomic E-state index is 0.0494. The molecule has 0 aromatic heterocycles. The lowest BCUT2D eigenvalue weighted by Gasteiger charge is -2.30. The molecule has 0 radical (unpaired) electrons. The van der Waals surface area contributed by atoms with E-state index in [1.54, 1.807) is 0 Å². The predicted octanol–water partition coefficient (Wildman–Crippen LogP) is 1.09. The van der Waals surface area contributed by atoms with E-state index in [-0.39, 0.29) is 5.25 Å². The molecule has 98 valence electrons. The van der Waals surface area contributed by atoms with Gasteiger partial charge in [-0.3, -0.25) is 0 Å². The van der Waals surface area contributed by atoms with Gasteiger partial charge in [0.15, 0.2) is 0 Å². The Bertz CT molecular complexity index is 368. The molecule has 1 N–H and O–H groups in total. The number of sulfonamides is 1. The average Bonchev–Trinajstić information content (AvgIpc) is 3.19. The van der Waals surface area contributed by atoms with Gasteiger partial charge >= 0.3 is 0 Å². The van der Waals surface area contributed by atoms with Gasteiger partial charge in [0.25, 0.3) is 0 Å². The summed E-state index contributed by atoms with van der Waals surface area (Å²) in [6.45, 7) is 1.76. The molecule has 1 unspecified atom stereocenters. The highest BCUT2D eigenvalue weighted by atomic mass is 32.2. The first kappa shape index (κ1) is 11.9. The van der Waals surface area contributed by atoms with Crippen molar-refractivity contribution in [3.8, 4) is 0 Å². The van der Waals surface area contributed by atoms with E-state index in [1.165, 1.54) is 12.8 Å². The number of hydrogen-bond acceptors (Lipinski definition) is 3. The molecule has 0 aromatic carbocycles. The van der Waals surface area contributed by atoms with Crippen LogP contribution in [0.15, 0.2) is 0 Å². The van der Waals surface area contributed by atoms with Gasteiger partial charge in [-0.15, -0.1) is 0 Å². The van der Waals surface area contributed by atoms with Crippen molar-refractivity contribution in [2.75, 3.05) is 13.1 Å². The van der Waals surface area contributed by atoms with E-state index >= 15 is 0 Å². The molecule has 17 heavy (non-hydrogen) atoms. The van der Waals surface area contributed by atoms with E-state index in [4.69, 9.17) is 0 Å². The summed E-state index contributed by atoms with van der Waals surface area (Å²) < 4.78 is 26.5. The van der Waals surface area contributed by atoms with Crippen LogP contribution in [0.5, 0.6) is 0 Å². The maximum Gasteiger partial charge on any atom is 0.217 e. The first-order valence-corrected chi connectivity index (χ1v) is 8.42. The first-order valence-electron chi connectivity index (χ1n) is 6.92. The summed E-state index contributed by atoms with van der Waals surface area (Å²) in [5.41, 5.74) is 0. The summed E-state index contributed by atoms with van der Waals surface area (Å²) in [7, 11) is -2.97. The topological polar surface area (TPSA) is 49.4 Å². The molecule has 5 heteroatoms. The third-order valence-electron chi connectivity index (χ3n) is 4.04. The zero-order valence-electron chi connectivity index (χ0n) is 10.3. The van der Waals surface area contributed by atoms with E-state index < -0.39 is 10.0 Å². The monoisotopic (exact) mass is 258 g/mol. The second kappa shape index (κ2) is 4.52. The van der Waals surface area contributed by atoms with Gasteiger partial charge in [-0.1, -0.05) is 6.42 Å². The fourth-order valence-corrected chi connectivity index (χ4v) is 4.81. The zero-order valence-corrected chi connectivity index (χ0v) is 11.1. The second-order valence-electron chi connectivity index (χ2n) is 5.69. The molecule has 3 fully saturated rings. The van der Waals surface area contributed by atoms with Crippen molar-refractivity contribution in [3.05, 3.63) is 0 Å². The maximum atomic E-state index is 12.3. The Kier molecular flexibility index (Phi) is 3.17. The van der Waals surface area contributed by atoms with Crippen LogP contribution in [0.4, 0.5) is 0 Å². The van der Waals surface area contributed by atoms with Gasteiger partial charge in [-0.25, -0.2) is 8.42 Å². The van der Waals surface area contributed by atoms with Gasteiger partial charge in [0.05, 0.1) is 5.25 Å². The number of nitrogens with zero attached hydrogens (tertiary/aromatic N) is 1. The lowest BCUT2D eigenvalue weighted by atomic mass is 10.1. The summed E-state index contributed by atoms with van der Waals surface area (Å²) >= 11 is 0. The van der Waals surface area contributed by atoms with E-state index in [0.717, 1.165) is 38.6 Å². The van der Waals surface area contributed by atoms with Gasteiger partial charge in [-0.05, 0) is 45.1 Å². The summed E-state index contributed by atoms with van der Waals surface area (Å²) in [5, 5.41) is 3.41. The molecular weight excluding hydrogens is 236 g/mol. The number of nitrogens with one attached hydrogen (secondary N) is 1. The Balaban J connectivity index is 1.67. The molecular formula is C12H22N2O2S. The lowest BCUT2D eigenvalue weighted by Crippen LogP contribution is -2.47. The third kappa shape index (κ3) is 2.66. The Labute approximate surface area is 104 Å². The number of piperidine rings is 1. The number of hydrogen-bond donors (Lipinski definition) is 1. The molecule has 1 atom stereocenters. The molecule has 0 spiro atoms. The number of rotatable bonds is 5. The zero-order chi connectivity index (χ0) is 11.9. The second-order valence-corrected chi connectivity index (χ2v) is 7.86. The van der Waals surface area contributed by atoms with E-state index in [1.807, 2.05) is 4.31 Å². The molecule has 2 saturated carbocycles. The summed E-state index contributed by atoms with van der Waals surface area (Å²) in [5.74, 6) is 0. The van der Waals surface area contributed by atoms with Crippen molar-refractivity contribution in [2.45, 2.75) is 62.3 Å². The largest absolute Gasteiger partial charge is 0.313 e. The molecule has 0 bridgehead atoms. The Morgan fingerprint density at radius 2 is 1.82 bits per heavy atom. The Morgan fingerprint density at radius 1 is 1.06 bits per heavy atom. The fraction of sp³-hybridized carbons (Fsp3) is 1.00. The van der Waals surface area contributed by atoms with E-state index in [2.05, 4.69) is 5.32 Å². The lowest BCUT2D eigenvalue weighted by molar-refractivity contribution is 0.307. The van der Waals surface area contributed by atoms with Gasteiger partial charge in [-0.2, -0.15) is 4.31 Å². The molecule has 3 aliphatic rings. The predicted molar refractivity (Wildman–Crippen MR) is 67.3 cm³/mol. The quantitative estimate of drug-likeness (QED) is 0.803. The van der Waals surface area contributed by atoms with Crippen LogP contribution in [0.3, 0.4) is 0 Å². The van der Waals surface area contributed by atoms with Crippen molar-refractivity contribution in [1.29, 1.82) is 0 Å². The van der Waals surface area contributed by atoms with Gasteiger partial charge in [0, 0.05) is 18.6 Å². The van der Waals surface area contributed by atoms with Crippen LogP contribution in [0.1, 0.15) is 44.9 Å². The SMILES string of the molecule is O=S(=O)(C1CC1)N(CC1CCCCN1)C1CC1. The minimum Gasteiger partial charge on any atom is -0.313 e. The molecule has 1 aliphatic heterocycles. The highest BCUT2D eigenvalue weighted by Gasteiger charge is 2.46. The Hall–Kier alpha value is -0.130. The highest BCUT2D eigenvalue weighted by molar-refractivity contribution is 7.90. The molecule has 1 heterocycles. The smallest absolute Gasteiger partial charge is 0.217 e. The van der Waals surface area contributed by atoms with Crippen molar-refractivity contribution < 1.29 is 8.42 Å². The van der Waals surface area contributed by atoms with Crippen molar-refractivity contribution in [2.24, 2.45) is 0 Å². The molecule has 1 saturated heterocycles. The Morgan fingerprint density at radius 3 is 2.35 bits per heavy atom. The normalized spacial score (nSPS) is 30.8. The third-order valence-corrected chi connectivity index (χ3v) is 6.45. The fourth-order valence-electron chi connectivity index (χ4n) is 2.68. The van der Waals surface area contributed by atoms with Gasteiger partial charge in [0.1, 0.15) is 0 Å². The van der Waals surface area contributed by atoms with Crippen LogP contribution in [0.25, 0.3) is 0 Å². The van der Waals surface area contributed by atoms with Crippen LogP contribution >= 0.6 is 0 Å². The van der Waals surface area contributed by atoms with Crippen LogP contribution in [-0.2, 0) is 10.0 Å². The van der Waals surface area contributed by atoms with Gasteiger partial charge in [0.2, 0.25) is 10.0 Å². The summed E-state index contributed by atoms with van der Waals surface area (Å²) in [6, 6.07) is 0.710. The van der Waals surface area contributed by atoms with Crippen molar-refractivity contribution in [1.82, 2.24) is 9.62 Å². The first-order chi connectivity index (χ1) is 8.18. The van der Waals surface area contributed by atoms with E-state index in [9.17, 15) is 8.42 Å². The standard InChI is InChI=1S/C12H22N2O2S/c15-17(16,12-6-7-12)14(11-4-5-11)9-10-3-1-2-8-13-10/h10-13H,1-9H2. The van der Waals surface area contributed by atoms with Gasteiger partial charge < -0.3 is 5.32 Å². The summed E-state index contributed by atoms with van der Waals surface area (Å²) in [6.07, 6.45) is 7.49. The van der Waals surface area contributed by atoms with Crippen molar-refractivity contribution in [3.63, 3.8) is 0 Å². The maximum absolute atomic E-state index is 12.3. The average molecular weight is 258 g/mol. The molecule has 0 aromatic rings. The minimum atomic E-state index is -2.97. The van der Waals surface area contributed by atoms with Crippen LogP contribution in [0.2, 0.25) is 0 Å². The molecule has 3 rings (SSSR count).